The number of nitrogens with zero attached hydrogens (tertiary/aromatic N) is 2. The molecule has 0 saturated heterocycles. The molecule has 4 rings (SSSR count). The van der Waals surface area contributed by atoms with Gasteiger partial charge in [0, 0.05) is 41.9 Å². The Morgan fingerprint density at radius 1 is 1.03 bits per heavy atom. The molecule has 1 heterocycles. The van der Waals surface area contributed by atoms with Gasteiger partial charge in [-0.3, -0.25) is 4.79 Å². The van der Waals surface area contributed by atoms with E-state index in [-0.39, 0.29) is 23.5 Å². The molecule has 192 valence electrons. The summed E-state index contributed by atoms with van der Waals surface area (Å²) in [6.07, 6.45) is 2.65. The minimum absolute atomic E-state index is 0.0868. The lowest BCUT2D eigenvalue weighted by Gasteiger charge is -2.30. The third-order valence-electron chi connectivity index (χ3n) is 6.26. The number of aromatic amines is 1. The average Bonchev–Trinajstić information content (AvgIpc) is 3.30. The summed E-state index contributed by atoms with van der Waals surface area (Å²) in [5.41, 5.74) is 3.56. The Labute approximate surface area is 221 Å². The van der Waals surface area contributed by atoms with Crippen molar-refractivity contribution in [1.82, 2.24) is 14.8 Å². The summed E-state index contributed by atoms with van der Waals surface area (Å²) in [7, 11) is 0. The number of hydrogen-bond donors (Lipinski definition) is 2. The SMILES string of the molecule is CC(C)N(CC(=O)N(CCc1c[nH]c2ccccc12)Cc1ccccc1)C(=O)Nc1ccc(F)c(Cl)c1. The molecule has 0 bridgehead atoms. The van der Waals surface area contributed by atoms with Crippen molar-refractivity contribution >= 4 is 40.1 Å². The van der Waals surface area contributed by atoms with Gasteiger partial charge >= 0.3 is 6.03 Å². The standard InChI is InChI=1S/C29H30ClFN4O2/c1-20(2)35(29(37)33-23-12-13-26(31)25(30)16-23)19-28(36)34(18-21-8-4-3-5-9-21)15-14-22-17-32-27-11-7-6-10-24(22)27/h3-13,16-17,20,32H,14-15,18-19H2,1-2H3,(H,33,37). The topological polar surface area (TPSA) is 68.4 Å². The van der Waals surface area contributed by atoms with Gasteiger partial charge in [0.2, 0.25) is 5.91 Å². The predicted molar refractivity (Wildman–Crippen MR) is 146 cm³/mol. The van der Waals surface area contributed by atoms with Crippen molar-refractivity contribution in [3.63, 3.8) is 0 Å². The highest BCUT2D eigenvalue weighted by atomic mass is 35.5. The number of fused-ring (bicyclic) bond motifs is 1. The summed E-state index contributed by atoms with van der Waals surface area (Å²) in [6, 6.07) is 21.1. The van der Waals surface area contributed by atoms with Crippen molar-refractivity contribution in [3.8, 4) is 0 Å². The van der Waals surface area contributed by atoms with Crippen LogP contribution in [0.25, 0.3) is 10.9 Å². The zero-order valence-electron chi connectivity index (χ0n) is 20.9. The number of benzene rings is 3. The fraction of sp³-hybridized carbons (Fsp3) is 0.241. The normalized spacial score (nSPS) is 11.1. The molecule has 37 heavy (non-hydrogen) atoms. The average molecular weight is 521 g/mol. The number of H-pyrrole nitrogens is 1. The zero-order valence-corrected chi connectivity index (χ0v) is 21.6. The van der Waals surface area contributed by atoms with Crippen LogP contribution in [0.15, 0.2) is 79.0 Å². The van der Waals surface area contributed by atoms with Gasteiger partial charge in [-0.1, -0.05) is 60.1 Å². The van der Waals surface area contributed by atoms with E-state index in [0.717, 1.165) is 22.0 Å². The van der Waals surface area contributed by atoms with Gasteiger partial charge in [-0.25, -0.2) is 9.18 Å². The molecule has 0 unspecified atom stereocenters. The van der Waals surface area contributed by atoms with Crippen LogP contribution in [0.2, 0.25) is 5.02 Å². The maximum atomic E-state index is 13.6. The van der Waals surface area contributed by atoms with Crippen molar-refractivity contribution in [1.29, 1.82) is 0 Å². The number of aromatic nitrogens is 1. The maximum absolute atomic E-state index is 13.6. The van der Waals surface area contributed by atoms with E-state index >= 15 is 0 Å². The number of carbonyl (C=O) groups is 2. The van der Waals surface area contributed by atoms with Crippen LogP contribution in [0.5, 0.6) is 0 Å². The Morgan fingerprint density at radius 3 is 2.49 bits per heavy atom. The van der Waals surface area contributed by atoms with Gasteiger partial charge in [-0.2, -0.15) is 0 Å². The zero-order chi connectivity index (χ0) is 26.4. The number of amides is 3. The number of para-hydroxylation sites is 1. The van der Waals surface area contributed by atoms with Crippen LogP contribution >= 0.6 is 11.6 Å². The summed E-state index contributed by atoms with van der Waals surface area (Å²) in [5, 5.41) is 3.77. The van der Waals surface area contributed by atoms with E-state index in [1.54, 1.807) is 4.90 Å². The first-order valence-corrected chi connectivity index (χ1v) is 12.6. The Balaban J connectivity index is 1.49. The molecular formula is C29H30ClFN4O2. The summed E-state index contributed by atoms with van der Waals surface area (Å²) in [6.45, 7) is 4.52. The molecular weight excluding hydrogens is 491 g/mol. The lowest BCUT2D eigenvalue weighted by molar-refractivity contribution is -0.132. The summed E-state index contributed by atoms with van der Waals surface area (Å²) in [4.78, 5) is 33.2. The van der Waals surface area contributed by atoms with Gasteiger partial charge in [0.25, 0.3) is 0 Å². The molecule has 0 aliphatic heterocycles. The molecule has 6 nitrogen and oxygen atoms in total. The fourth-order valence-corrected chi connectivity index (χ4v) is 4.37. The second-order valence-corrected chi connectivity index (χ2v) is 9.60. The minimum atomic E-state index is -0.567. The molecule has 2 N–H and O–H groups in total. The van der Waals surface area contributed by atoms with Crippen molar-refractivity contribution in [2.24, 2.45) is 0 Å². The minimum Gasteiger partial charge on any atom is -0.361 e. The van der Waals surface area contributed by atoms with E-state index in [0.29, 0.717) is 25.2 Å². The Bertz CT molecular complexity index is 1370. The molecule has 0 aliphatic rings. The number of nitrogens with one attached hydrogen (secondary N) is 2. The van der Waals surface area contributed by atoms with Crippen LogP contribution in [0.1, 0.15) is 25.0 Å². The maximum Gasteiger partial charge on any atom is 0.322 e. The number of urea groups is 1. The molecule has 3 amide bonds. The van der Waals surface area contributed by atoms with Crippen molar-refractivity contribution in [2.45, 2.75) is 32.9 Å². The second kappa shape index (κ2) is 11.9. The van der Waals surface area contributed by atoms with Gasteiger partial charge in [0.15, 0.2) is 0 Å². The van der Waals surface area contributed by atoms with E-state index in [1.807, 2.05) is 68.6 Å². The van der Waals surface area contributed by atoms with E-state index in [1.165, 1.54) is 23.1 Å². The first kappa shape index (κ1) is 26.2. The lowest BCUT2D eigenvalue weighted by atomic mass is 10.1. The van der Waals surface area contributed by atoms with Gasteiger partial charge in [0.1, 0.15) is 12.4 Å². The molecule has 8 heteroatoms. The number of halogens is 2. The fourth-order valence-electron chi connectivity index (χ4n) is 4.19. The van der Waals surface area contributed by atoms with Crippen molar-refractivity contribution in [2.75, 3.05) is 18.4 Å². The first-order chi connectivity index (χ1) is 17.8. The first-order valence-electron chi connectivity index (χ1n) is 12.2. The lowest BCUT2D eigenvalue weighted by Crippen LogP contribution is -2.47. The molecule has 0 atom stereocenters. The Kier molecular flexibility index (Phi) is 8.46. The number of anilines is 1. The van der Waals surface area contributed by atoms with Crippen LogP contribution in [-0.2, 0) is 17.8 Å². The second-order valence-electron chi connectivity index (χ2n) is 9.19. The molecule has 0 fully saturated rings. The van der Waals surface area contributed by atoms with E-state index in [4.69, 9.17) is 11.6 Å². The smallest absolute Gasteiger partial charge is 0.322 e. The van der Waals surface area contributed by atoms with Crippen LogP contribution in [-0.4, -0.2) is 45.9 Å². The molecule has 3 aromatic carbocycles. The third-order valence-corrected chi connectivity index (χ3v) is 6.55. The number of hydrogen-bond acceptors (Lipinski definition) is 2. The Hall–Kier alpha value is -3.84. The molecule has 4 aromatic rings. The molecule has 0 radical (unpaired) electrons. The summed E-state index contributed by atoms with van der Waals surface area (Å²) < 4.78 is 13.5. The number of carbonyl (C=O) groups excluding carboxylic acids is 2. The van der Waals surface area contributed by atoms with Crippen LogP contribution < -0.4 is 5.32 Å². The third kappa shape index (κ3) is 6.68. The highest BCUT2D eigenvalue weighted by Crippen LogP contribution is 2.21. The molecule has 0 spiro atoms. The van der Waals surface area contributed by atoms with Crippen molar-refractivity contribution in [3.05, 3.63) is 101 Å². The monoisotopic (exact) mass is 520 g/mol. The van der Waals surface area contributed by atoms with E-state index in [2.05, 4.69) is 16.4 Å². The van der Waals surface area contributed by atoms with Gasteiger partial charge in [0.05, 0.1) is 5.02 Å². The van der Waals surface area contributed by atoms with E-state index in [9.17, 15) is 14.0 Å². The summed E-state index contributed by atoms with van der Waals surface area (Å²) in [5.74, 6) is -0.730. The van der Waals surface area contributed by atoms with Crippen LogP contribution in [0.4, 0.5) is 14.9 Å². The molecule has 0 aliphatic carbocycles. The van der Waals surface area contributed by atoms with Gasteiger partial charge < -0.3 is 20.1 Å². The van der Waals surface area contributed by atoms with Crippen molar-refractivity contribution < 1.29 is 14.0 Å². The highest BCUT2D eigenvalue weighted by molar-refractivity contribution is 6.31. The number of rotatable bonds is 9. The van der Waals surface area contributed by atoms with Crippen LogP contribution in [0, 0.1) is 5.82 Å². The van der Waals surface area contributed by atoms with Crippen LogP contribution in [0.3, 0.4) is 0 Å². The van der Waals surface area contributed by atoms with E-state index < -0.39 is 11.8 Å². The summed E-state index contributed by atoms with van der Waals surface area (Å²) >= 11 is 5.85. The molecule has 0 saturated carbocycles. The molecule has 1 aromatic heterocycles. The highest BCUT2D eigenvalue weighted by Gasteiger charge is 2.24. The van der Waals surface area contributed by atoms with Gasteiger partial charge in [-0.05, 0) is 55.7 Å². The predicted octanol–water partition coefficient (Wildman–Crippen LogP) is 6.47. The Morgan fingerprint density at radius 2 is 1.76 bits per heavy atom. The van der Waals surface area contributed by atoms with Gasteiger partial charge in [-0.15, -0.1) is 0 Å². The quantitative estimate of drug-likeness (QED) is 0.265. The largest absolute Gasteiger partial charge is 0.361 e.